The normalized spacial score (nSPS) is 26.6. The summed E-state index contributed by atoms with van der Waals surface area (Å²) in [7, 11) is -3.66. The number of carbonyl (C=O) groups is 1. The number of aliphatic hydroxyl groups is 1. The molecule has 2 aromatic rings. The fourth-order valence-corrected chi connectivity index (χ4v) is 9.54. The van der Waals surface area contributed by atoms with Gasteiger partial charge in [-0.3, -0.25) is 9.69 Å². The second-order valence-corrected chi connectivity index (χ2v) is 17.1. The summed E-state index contributed by atoms with van der Waals surface area (Å²) in [6.45, 7) is 8.14. The molecule has 1 aliphatic carbocycles. The quantitative estimate of drug-likeness (QED) is 0.348. The van der Waals surface area contributed by atoms with Crippen molar-refractivity contribution < 1.29 is 45.7 Å². The van der Waals surface area contributed by atoms with Gasteiger partial charge in [0.05, 0.1) is 38.1 Å². The summed E-state index contributed by atoms with van der Waals surface area (Å²) in [5.74, 6) is -4.53. The van der Waals surface area contributed by atoms with Gasteiger partial charge in [0.15, 0.2) is 17.4 Å². The van der Waals surface area contributed by atoms with Gasteiger partial charge in [0.2, 0.25) is 0 Å². The number of morpholine rings is 1. The predicted molar refractivity (Wildman–Crippen MR) is 186 cm³/mol. The molecule has 5 fully saturated rings. The first-order chi connectivity index (χ1) is 25.1. The highest BCUT2D eigenvalue weighted by Crippen LogP contribution is 2.46. The highest BCUT2D eigenvalue weighted by Gasteiger charge is 2.50. The molecule has 5 heterocycles. The van der Waals surface area contributed by atoms with Crippen molar-refractivity contribution in [2.24, 2.45) is 5.41 Å². The van der Waals surface area contributed by atoms with Crippen LogP contribution < -0.4 is 14.4 Å². The molecule has 292 valence electrons. The number of benzene rings is 1. The lowest BCUT2D eigenvalue weighted by Crippen LogP contribution is -2.62. The maximum absolute atomic E-state index is 14.5. The Balaban J connectivity index is 0.927. The standard InChI is InChI=1S/C35H48F3N7O7S/c1-24(2)45(27-16-34(37,38)17-27)32(46)28-15-25(36)3-4-29(28)52-30-18-39-23-40-31(30)43-20-33(21-43)7-9-42(10-8-33)22-35(47)6-5-26(19-51-35)41-53(48,49)44-11-13-50-14-12-44/h3-4,15,18,23-24,26-27,41,47H,5-14,16-17,19-22H2,1-2H3/t26-,35-/m1/s1. The average Bonchev–Trinajstić information content (AvgIpc) is 3.09. The highest BCUT2D eigenvalue weighted by atomic mass is 32.2. The van der Waals surface area contributed by atoms with Gasteiger partial charge in [-0.05, 0) is 64.4 Å². The van der Waals surface area contributed by atoms with Crippen LogP contribution in [0.3, 0.4) is 0 Å². The molecule has 7 rings (SSSR count). The van der Waals surface area contributed by atoms with Crippen molar-refractivity contribution in [3.8, 4) is 11.5 Å². The molecule has 0 unspecified atom stereocenters. The molecule has 1 amide bonds. The molecule has 0 radical (unpaired) electrons. The third-order valence-electron chi connectivity index (χ3n) is 11.1. The lowest BCUT2D eigenvalue weighted by atomic mass is 9.72. The van der Waals surface area contributed by atoms with Gasteiger partial charge in [0.1, 0.15) is 17.9 Å². The van der Waals surface area contributed by atoms with Crippen LogP contribution in [0.5, 0.6) is 11.5 Å². The molecule has 2 atom stereocenters. The second-order valence-electron chi connectivity index (χ2n) is 15.4. The van der Waals surface area contributed by atoms with Crippen molar-refractivity contribution >= 4 is 21.9 Å². The fraction of sp³-hybridized carbons (Fsp3) is 0.686. The van der Waals surface area contributed by atoms with Crippen molar-refractivity contribution in [2.75, 3.05) is 70.5 Å². The molecule has 0 bridgehead atoms. The van der Waals surface area contributed by atoms with E-state index in [0.29, 0.717) is 64.6 Å². The number of hydrogen-bond acceptors (Lipinski definition) is 11. The van der Waals surface area contributed by atoms with E-state index in [4.69, 9.17) is 14.2 Å². The Morgan fingerprint density at radius 2 is 1.83 bits per heavy atom. The van der Waals surface area contributed by atoms with Crippen molar-refractivity contribution in [1.82, 2.24) is 28.8 Å². The van der Waals surface area contributed by atoms with Gasteiger partial charge in [-0.2, -0.15) is 17.4 Å². The number of likely N-dealkylation sites (tertiary alicyclic amines) is 1. The monoisotopic (exact) mass is 767 g/mol. The zero-order valence-corrected chi connectivity index (χ0v) is 30.9. The SMILES string of the molecule is CC(C)N(C(=O)c1cc(F)ccc1Oc1cncnc1N1CC2(CCN(C[C@@]3(O)CC[C@@H](NS(=O)(=O)N4CCOCC4)CO3)CC2)C1)C1CC(F)(F)C1. The summed E-state index contributed by atoms with van der Waals surface area (Å²) < 4.78 is 88.9. The van der Waals surface area contributed by atoms with E-state index in [9.17, 15) is 31.5 Å². The van der Waals surface area contributed by atoms with Gasteiger partial charge in [-0.15, -0.1) is 0 Å². The van der Waals surface area contributed by atoms with E-state index < -0.39 is 64.6 Å². The lowest BCUT2D eigenvalue weighted by molar-refractivity contribution is -0.239. The number of alkyl halides is 2. The van der Waals surface area contributed by atoms with E-state index in [1.54, 1.807) is 13.8 Å². The molecule has 4 aliphatic heterocycles. The Bertz CT molecular complexity index is 1730. The summed E-state index contributed by atoms with van der Waals surface area (Å²) in [5, 5.41) is 11.2. The molecule has 1 spiro atoms. The summed E-state index contributed by atoms with van der Waals surface area (Å²) in [4.78, 5) is 27.9. The van der Waals surface area contributed by atoms with E-state index >= 15 is 0 Å². The first-order valence-corrected chi connectivity index (χ1v) is 19.7. The molecule has 5 aliphatic rings. The fourth-order valence-electron chi connectivity index (χ4n) is 8.15. The largest absolute Gasteiger partial charge is 0.451 e. The Morgan fingerprint density at radius 3 is 2.47 bits per heavy atom. The van der Waals surface area contributed by atoms with E-state index in [-0.39, 0.29) is 29.1 Å². The number of nitrogens with one attached hydrogen (secondary N) is 1. The van der Waals surface area contributed by atoms with Crippen molar-refractivity contribution in [2.45, 2.75) is 82.2 Å². The number of amides is 1. The first-order valence-electron chi connectivity index (χ1n) is 18.3. The topological polar surface area (TPSA) is 150 Å². The van der Waals surface area contributed by atoms with E-state index in [1.807, 2.05) is 0 Å². The van der Waals surface area contributed by atoms with Crippen LogP contribution in [0.4, 0.5) is 19.0 Å². The number of anilines is 1. The molecule has 2 N–H and O–H groups in total. The number of nitrogens with zero attached hydrogens (tertiary/aromatic N) is 6. The van der Waals surface area contributed by atoms with Crippen molar-refractivity contribution in [3.63, 3.8) is 0 Å². The minimum absolute atomic E-state index is 0.0250. The Morgan fingerprint density at radius 1 is 1.11 bits per heavy atom. The Hall–Kier alpha value is -3.13. The van der Waals surface area contributed by atoms with Gasteiger partial charge in [0.25, 0.3) is 22.0 Å². The summed E-state index contributed by atoms with van der Waals surface area (Å²) in [6.07, 6.45) is 4.54. The predicted octanol–water partition coefficient (Wildman–Crippen LogP) is 2.99. The summed E-state index contributed by atoms with van der Waals surface area (Å²) in [6, 6.07) is 2.14. The average molecular weight is 768 g/mol. The Labute approximate surface area is 307 Å². The summed E-state index contributed by atoms with van der Waals surface area (Å²) in [5.41, 5.74) is -0.0402. The van der Waals surface area contributed by atoms with Crippen LogP contribution in [0.25, 0.3) is 0 Å². The molecule has 53 heavy (non-hydrogen) atoms. The van der Waals surface area contributed by atoms with Gasteiger partial charge < -0.3 is 29.1 Å². The Kier molecular flexibility index (Phi) is 10.7. The summed E-state index contributed by atoms with van der Waals surface area (Å²) >= 11 is 0. The molecular weight excluding hydrogens is 719 g/mol. The highest BCUT2D eigenvalue weighted by molar-refractivity contribution is 7.87. The van der Waals surface area contributed by atoms with E-state index in [0.717, 1.165) is 32.0 Å². The minimum atomic E-state index is -3.66. The van der Waals surface area contributed by atoms with Gasteiger partial charge in [0, 0.05) is 69.0 Å². The molecule has 1 aromatic heterocycles. The van der Waals surface area contributed by atoms with Crippen LogP contribution in [-0.2, 0) is 19.7 Å². The number of hydrogen-bond donors (Lipinski definition) is 2. The van der Waals surface area contributed by atoms with Gasteiger partial charge in [-0.1, -0.05) is 0 Å². The molecular formula is C35H48F3N7O7S. The third kappa shape index (κ3) is 8.43. The van der Waals surface area contributed by atoms with Gasteiger partial charge in [-0.25, -0.2) is 23.1 Å². The number of carbonyl (C=O) groups excluding carboxylic acids is 1. The zero-order chi connectivity index (χ0) is 37.6. The molecule has 1 aromatic carbocycles. The van der Waals surface area contributed by atoms with Crippen LogP contribution in [-0.4, -0.2) is 139 Å². The van der Waals surface area contributed by atoms with Gasteiger partial charge >= 0.3 is 0 Å². The molecule has 1 saturated carbocycles. The van der Waals surface area contributed by atoms with Crippen LogP contribution in [0.15, 0.2) is 30.7 Å². The van der Waals surface area contributed by atoms with Crippen molar-refractivity contribution in [1.29, 1.82) is 0 Å². The molecule has 4 saturated heterocycles. The van der Waals surface area contributed by atoms with Crippen LogP contribution >= 0.6 is 0 Å². The number of piperidine rings is 1. The second kappa shape index (κ2) is 14.8. The molecule has 18 heteroatoms. The maximum Gasteiger partial charge on any atom is 0.279 e. The smallest absolute Gasteiger partial charge is 0.279 e. The van der Waals surface area contributed by atoms with E-state index in [1.165, 1.54) is 33.9 Å². The lowest BCUT2D eigenvalue weighted by Gasteiger charge is -2.55. The molecule has 14 nitrogen and oxygen atoms in total. The van der Waals surface area contributed by atoms with E-state index in [2.05, 4.69) is 24.5 Å². The van der Waals surface area contributed by atoms with Crippen LogP contribution in [0.1, 0.15) is 62.7 Å². The van der Waals surface area contributed by atoms with Crippen molar-refractivity contribution in [3.05, 3.63) is 42.1 Å². The number of β-amino-alcohol motifs (C(OH)–C–C–N with tert-alkyl or cyclic N) is 1. The van der Waals surface area contributed by atoms with Crippen LogP contribution in [0, 0.1) is 11.2 Å². The third-order valence-corrected chi connectivity index (χ3v) is 12.8. The maximum atomic E-state index is 14.5. The number of halogens is 3. The number of ether oxygens (including phenoxy) is 3. The number of rotatable bonds is 11. The zero-order valence-electron chi connectivity index (χ0n) is 30.1. The van der Waals surface area contributed by atoms with Crippen LogP contribution in [0.2, 0.25) is 0 Å². The first kappa shape index (κ1) is 38.2. The minimum Gasteiger partial charge on any atom is -0.451 e. The number of aromatic nitrogens is 2.